The molecule has 0 amide bonds. The summed E-state index contributed by atoms with van der Waals surface area (Å²) in [4.78, 5) is 24.6. The number of hydrogen-bond donors (Lipinski definition) is 2. The second-order valence-corrected chi connectivity index (χ2v) is 4.81. The summed E-state index contributed by atoms with van der Waals surface area (Å²) in [5, 5.41) is 22.2. The molecule has 21 heavy (non-hydrogen) atoms. The molecule has 0 aliphatic heterocycles. The highest BCUT2D eigenvalue weighted by Gasteiger charge is 2.21. The van der Waals surface area contributed by atoms with Crippen LogP contribution in [0.25, 0.3) is 0 Å². The van der Waals surface area contributed by atoms with Crippen LogP contribution in [0.15, 0.2) is 34.9 Å². The molecule has 7 nitrogen and oxygen atoms in total. The fourth-order valence-corrected chi connectivity index (χ4v) is 1.90. The van der Waals surface area contributed by atoms with Crippen molar-refractivity contribution >= 4 is 39.1 Å². The Morgan fingerprint density at radius 2 is 2.14 bits per heavy atom. The van der Waals surface area contributed by atoms with Gasteiger partial charge < -0.3 is 10.4 Å². The zero-order valence-electron chi connectivity index (χ0n) is 10.2. The first-order valence-electron chi connectivity index (χ1n) is 5.48. The lowest BCUT2D eigenvalue weighted by molar-refractivity contribution is -0.385. The number of pyridine rings is 1. The van der Waals surface area contributed by atoms with E-state index in [0.29, 0.717) is 4.47 Å². The van der Waals surface area contributed by atoms with Crippen molar-refractivity contribution in [3.8, 4) is 0 Å². The van der Waals surface area contributed by atoms with E-state index in [9.17, 15) is 19.3 Å². The summed E-state index contributed by atoms with van der Waals surface area (Å²) in [5.41, 5.74) is -1.10. The average molecular weight is 356 g/mol. The van der Waals surface area contributed by atoms with Crippen LogP contribution >= 0.6 is 15.9 Å². The van der Waals surface area contributed by atoms with Crippen molar-refractivity contribution in [2.75, 3.05) is 5.32 Å². The Hall–Kier alpha value is -2.55. The van der Waals surface area contributed by atoms with Gasteiger partial charge >= 0.3 is 11.7 Å². The molecule has 9 heteroatoms. The molecule has 0 saturated carbocycles. The molecular formula is C12H7BrFN3O4. The Kier molecular flexibility index (Phi) is 4.13. The summed E-state index contributed by atoms with van der Waals surface area (Å²) in [7, 11) is 0. The summed E-state index contributed by atoms with van der Waals surface area (Å²) >= 11 is 3.10. The van der Waals surface area contributed by atoms with Gasteiger partial charge in [0.1, 0.15) is 23.4 Å². The molecule has 0 aliphatic carbocycles. The summed E-state index contributed by atoms with van der Waals surface area (Å²) in [5.74, 6) is -2.07. The lowest BCUT2D eigenvalue weighted by Crippen LogP contribution is -2.05. The van der Waals surface area contributed by atoms with Crippen molar-refractivity contribution in [2.24, 2.45) is 0 Å². The van der Waals surface area contributed by atoms with E-state index in [1.807, 2.05) is 0 Å². The molecule has 0 bridgehead atoms. The first-order chi connectivity index (χ1) is 9.88. The number of aromatic carboxylic acids is 1. The molecule has 1 aromatic carbocycles. The molecule has 0 saturated heterocycles. The van der Waals surface area contributed by atoms with Gasteiger partial charge in [-0.05, 0) is 18.2 Å². The van der Waals surface area contributed by atoms with Gasteiger partial charge in [0, 0.05) is 10.5 Å². The number of carboxylic acids is 1. The molecule has 2 rings (SSSR count). The second kappa shape index (κ2) is 5.83. The van der Waals surface area contributed by atoms with Gasteiger partial charge in [-0.3, -0.25) is 10.1 Å². The molecule has 108 valence electrons. The molecule has 1 heterocycles. The van der Waals surface area contributed by atoms with E-state index in [0.717, 1.165) is 12.3 Å². The summed E-state index contributed by atoms with van der Waals surface area (Å²) < 4.78 is 14.2. The number of aromatic nitrogens is 1. The number of halogens is 2. The lowest BCUT2D eigenvalue weighted by atomic mass is 10.2. The Bertz CT molecular complexity index is 738. The minimum Gasteiger partial charge on any atom is -0.477 e. The van der Waals surface area contributed by atoms with Crippen molar-refractivity contribution in [3.63, 3.8) is 0 Å². The minimum absolute atomic E-state index is 0.0146. The highest BCUT2D eigenvalue weighted by molar-refractivity contribution is 9.10. The maximum absolute atomic E-state index is 13.7. The van der Waals surface area contributed by atoms with Gasteiger partial charge in [0.25, 0.3) is 0 Å². The van der Waals surface area contributed by atoms with Crippen molar-refractivity contribution in [1.82, 2.24) is 4.98 Å². The van der Waals surface area contributed by atoms with Gasteiger partial charge in [-0.15, -0.1) is 0 Å². The number of rotatable bonds is 4. The second-order valence-electron chi connectivity index (χ2n) is 3.90. The standard InChI is InChI=1S/C12H7BrFN3O4/c13-6-1-2-9(8(14)3-6)16-11-4-7(12(18)19)10(5-15-11)17(20)21/h1-5H,(H,15,16)(H,18,19). The molecular weight excluding hydrogens is 349 g/mol. The number of anilines is 2. The number of nitrogens with zero attached hydrogens (tertiary/aromatic N) is 2. The number of nitro groups is 1. The van der Waals surface area contributed by atoms with Crippen LogP contribution in [-0.2, 0) is 0 Å². The van der Waals surface area contributed by atoms with E-state index in [4.69, 9.17) is 5.11 Å². The SMILES string of the molecule is O=C(O)c1cc(Nc2ccc(Br)cc2F)ncc1[N+](=O)[O-]. The number of nitrogens with one attached hydrogen (secondary N) is 1. The van der Waals surface area contributed by atoms with E-state index >= 15 is 0 Å². The highest BCUT2D eigenvalue weighted by atomic mass is 79.9. The molecule has 0 unspecified atom stereocenters. The van der Waals surface area contributed by atoms with Crippen molar-refractivity contribution in [2.45, 2.75) is 0 Å². The van der Waals surface area contributed by atoms with Crippen LogP contribution in [0.3, 0.4) is 0 Å². The molecule has 1 aromatic heterocycles. The van der Waals surface area contributed by atoms with Gasteiger partial charge in [0.15, 0.2) is 0 Å². The monoisotopic (exact) mass is 355 g/mol. The third-order valence-corrected chi connectivity index (χ3v) is 3.00. The first-order valence-corrected chi connectivity index (χ1v) is 6.27. The quantitative estimate of drug-likeness (QED) is 0.643. The smallest absolute Gasteiger partial charge is 0.342 e. The Morgan fingerprint density at radius 3 is 2.71 bits per heavy atom. The molecule has 0 radical (unpaired) electrons. The van der Waals surface area contributed by atoms with Crippen molar-refractivity contribution in [3.05, 3.63) is 56.4 Å². The topological polar surface area (TPSA) is 105 Å². The zero-order valence-corrected chi connectivity index (χ0v) is 11.8. The van der Waals surface area contributed by atoms with Crippen LogP contribution in [0.1, 0.15) is 10.4 Å². The van der Waals surface area contributed by atoms with Crippen molar-refractivity contribution < 1.29 is 19.2 Å². The highest BCUT2D eigenvalue weighted by Crippen LogP contribution is 2.25. The van der Waals surface area contributed by atoms with E-state index in [1.54, 1.807) is 6.07 Å². The predicted octanol–water partition coefficient (Wildman–Crippen LogP) is 3.33. The molecule has 0 fully saturated rings. The zero-order chi connectivity index (χ0) is 15.6. The van der Waals surface area contributed by atoms with E-state index < -0.39 is 28.0 Å². The molecule has 2 aromatic rings. The normalized spacial score (nSPS) is 10.2. The third-order valence-electron chi connectivity index (χ3n) is 2.50. The average Bonchev–Trinajstić information content (AvgIpc) is 2.41. The van der Waals surface area contributed by atoms with Crippen molar-refractivity contribution in [1.29, 1.82) is 0 Å². The van der Waals surface area contributed by atoms with Crippen LogP contribution in [0.4, 0.5) is 21.6 Å². The lowest BCUT2D eigenvalue weighted by Gasteiger charge is -2.08. The first kappa shape index (κ1) is 14.9. The van der Waals surface area contributed by atoms with E-state index in [-0.39, 0.29) is 11.5 Å². The van der Waals surface area contributed by atoms with Gasteiger partial charge in [-0.1, -0.05) is 15.9 Å². The minimum atomic E-state index is -1.47. The largest absolute Gasteiger partial charge is 0.477 e. The van der Waals surface area contributed by atoms with Gasteiger partial charge in [0.05, 0.1) is 10.6 Å². The maximum atomic E-state index is 13.7. The molecule has 0 aliphatic rings. The fourth-order valence-electron chi connectivity index (χ4n) is 1.56. The summed E-state index contributed by atoms with van der Waals surface area (Å²) in [6.07, 6.45) is 0.808. The summed E-state index contributed by atoms with van der Waals surface area (Å²) in [6, 6.07) is 5.19. The number of benzene rings is 1. The number of carboxylic acid groups (broad SMARTS) is 1. The van der Waals surface area contributed by atoms with Gasteiger partial charge in [-0.25, -0.2) is 14.2 Å². The van der Waals surface area contributed by atoms with Crippen LogP contribution in [-0.4, -0.2) is 21.0 Å². The van der Waals surface area contributed by atoms with E-state index in [2.05, 4.69) is 26.2 Å². The maximum Gasteiger partial charge on any atom is 0.342 e. The van der Waals surface area contributed by atoms with Crippen LogP contribution in [0.5, 0.6) is 0 Å². The summed E-state index contributed by atoms with van der Waals surface area (Å²) in [6.45, 7) is 0. The van der Waals surface area contributed by atoms with E-state index in [1.165, 1.54) is 12.1 Å². The number of carbonyl (C=O) groups is 1. The van der Waals surface area contributed by atoms with Crippen LogP contribution in [0.2, 0.25) is 0 Å². The van der Waals surface area contributed by atoms with Gasteiger partial charge in [0.2, 0.25) is 0 Å². The molecule has 2 N–H and O–H groups in total. The third kappa shape index (κ3) is 3.31. The predicted molar refractivity (Wildman–Crippen MR) is 75.2 cm³/mol. The van der Waals surface area contributed by atoms with Gasteiger partial charge in [-0.2, -0.15) is 0 Å². The molecule has 0 spiro atoms. The number of hydrogen-bond acceptors (Lipinski definition) is 5. The molecule has 0 atom stereocenters. The Labute approximate surface area is 125 Å². The fraction of sp³-hybridized carbons (Fsp3) is 0. The van der Waals surface area contributed by atoms with Crippen LogP contribution in [0, 0.1) is 15.9 Å². The van der Waals surface area contributed by atoms with Crippen LogP contribution < -0.4 is 5.32 Å². The Morgan fingerprint density at radius 1 is 1.43 bits per heavy atom. The Balaban J connectivity index is 2.39.